The molecule has 2 heterocycles. The quantitative estimate of drug-likeness (QED) is 0.659. The van der Waals surface area contributed by atoms with Gasteiger partial charge in [-0.05, 0) is 18.2 Å². The van der Waals surface area contributed by atoms with E-state index in [1.165, 1.54) is 22.9 Å². The number of hydrogen-bond acceptors (Lipinski definition) is 5. The summed E-state index contributed by atoms with van der Waals surface area (Å²) in [6.07, 6.45) is 1.50. The van der Waals surface area contributed by atoms with E-state index in [0.717, 1.165) is 0 Å². The molecule has 0 fully saturated rings. The Kier molecular flexibility index (Phi) is 3.56. The van der Waals surface area contributed by atoms with Crippen LogP contribution in [-0.2, 0) is 6.54 Å². The number of anilines is 1. The summed E-state index contributed by atoms with van der Waals surface area (Å²) in [6, 6.07) is 8.01. The highest BCUT2D eigenvalue weighted by molar-refractivity contribution is 5.34. The van der Waals surface area contributed by atoms with Crippen LogP contribution in [0.25, 0.3) is 0 Å². The maximum atomic E-state index is 11.8. The molecule has 1 N–H and O–H groups in total. The maximum absolute atomic E-state index is 11.8. The predicted molar refractivity (Wildman–Crippen MR) is 70.2 cm³/mol. The van der Waals surface area contributed by atoms with E-state index < -0.39 is 16.2 Å². The summed E-state index contributed by atoms with van der Waals surface area (Å²) in [5.41, 5.74) is -0.425. The number of nitro groups is 1. The molecule has 7 nitrogen and oxygen atoms in total. The molecule has 7 heteroatoms. The number of pyridine rings is 2. The van der Waals surface area contributed by atoms with Gasteiger partial charge in [0.2, 0.25) is 0 Å². The fourth-order valence-corrected chi connectivity index (χ4v) is 1.67. The lowest BCUT2D eigenvalue weighted by Crippen LogP contribution is -2.22. The van der Waals surface area contributed by atoms with Crippen LogP contribution >= 0.6 is 0 Å². The van der Waals surface area contributed by atoms with Crippen LogP contribution in [0.2, 0.25) is 0 Å². The van der Waals surface area contributed by atoms with Gasteiger partial charge in [0.05, 0.1) is 17.2 Å². The zero-order valence-corrected chi connectivity index (χ0v) is 10.2. The Morgan fingerprint density at radius 3 is 2.84 bits per heavy atom. The number of aromatic nitrogens is 2. The third-order valence-corrected chi connectivity index (χ3v) is 2.59. The second-order valence-electron chi connectivity index (χ2n) is 3.85. The molecule has 98 valence electrons. The van der Waals surface area contributed by atoms with E-state index in [9.17, 15) is 14.9 Å². The van der Waals surface area contributed by atoms with Gasteiger partial charge in [-0.2, -0.15) is 0 Å². The normalized spacial score (nSPS) is 10.2. The molecule has 0 aliphatic heterocycles. The van der Waals surface area contributed by atoms with Crippen molar-refractivity contribution in [3.63, 3.8) is 0 Å². The van der Waals surface area contributed by atoms with Crippen molar-refractivity contribution in [1.82, 2.24) is 9.55 Å². The third-order valence-electron chi connectivity index (χ3n) is 2.59. The molecule has 0 aromatic carbocycles. The number of nitrogens with one attached hydrogen (secondary N) is 1. The van der Waals surface area contributed by atoms with Crippen LogP contribution in [0.5, 0.6) is 0 Å². The molecule has 0 aliphatic rings. The van der Waals surface area contributed by atoms with Crippen LogP contribution in [-0.4, -0.2) is 21.5 Å². The van der Waals surface area contributed by atoms with E-state index >= 15 is 0 Å². The maximum Gasteiger partial charge on any atom is 0.334 e. The molecule has 2 rings (SSSR count). The van der Waals surface area contributed by atoms with Gasteiger partial charge < -0.3 is 9.88 Å². The molecular weight excluding hydrogens is 248 g/mol. The highest BCUT2D eigenvalue weighted by Crippen LogP contribution is 2.06. The van der Waals surface area contributed by atoms with E-state index in [-0.39, 0.29) is 6.54 Å². The third kappa shape index (κ3) is 2.76. The van der Waals surface area contributed by atoms with Crippen LogP contribution in [0, 0.1) is 10.1 Å². The second-order valence-corrected chi connectivity index (χ2v) is 3.85. The van der Waals surface area contributed by atoms with Gasteiger partial charge >= 0.3 is 11.2 Å². The summed E-state index contributed by atoms with van der Waals surface area (Å²) in [5.74, 6) is 0.677. The fraction of sp³-hybridized carbons (Fsp3) is 0.167. The summed E-state index contributed by atoms with van der Waals surface area (Å²) in [5, 5.41) is 13.6. The second kappa shape index (κ2) is 5.30. The van der Waals surface area contributed by atoms with Gasteiger partial charge in [-0.3, -0.25) is 14.9 Å². The Hall–Kier alpha value is -2.70. The Balaban J connectivity index is 2.36. The molecule has 2 aromatic rings. The first-order chi connectivity index (χ1) is 9.11. The highest BCUT2D eigenvalue weighted by Gasteiger charge is 2.13. The monoisotopic (exact) mass is 260 g/mol. The molecule has 0 saturated heterocycles. The topological polar surface area (TPSA) is 90.1 Å². The van der Waals surface area contributed by atoms with E-state index in [1.807, 2.05) is 0 Å². The van der Waals surface area contributed by atoms with Crippen LogP contribution < -0.4 is 10.9 Å². The Morgan fingerprint density at radius 1 is 1.37 bits per heavy atom. The molecular formula is C12H12N4O3. The van der Waals surface area contributed by atoms with Gasteiger partial charge in [0.15, 0.2) is 0 Å². The van der Waals surface area contributed by atoms with Crippen molar-refractivity contribution in [2.24, 2.45) is 0 Å². The average molecular weight is 260 g/mol. The minimum atomic E-state index is -0.684. The molecule has 0 spiro atoms. The van der Waals surface area contributed by atoms with Crippen LogP contribution in [0.1, 0.15) is 5.69 Å². The van der Waals surface area contributed by atoms with Gasteiger partial charge in [0.1, 0.15) is 5.82 Å². The number of rotatable bonds is 4. The molecule has 0 amide bonds. The zero-order chi connectivity index (χ0) is 13.8. The molecule has 2 aromatic heterocycles. The fourth-order valence-electron chi connectivity index (χ4n) is 1.67. The van der Waals surface area contributed by atoms with Crippen LogP contribution in [0.15, 0.2) is 41.3 Å². The van der Waals surface area contributed by atoms with Crippen molar-refractivity contribution >= 4 is 11.5 Å². The molecule has 0 unspecified atom stereocenters. The molecule has 19 heavy (non-hydrogen) atoms. The first kappa shape index (κ1) is 12.7. The minimum Gasteiger partial charge on any atom is -0.373 e. The molecule has 0 saturated carbocycles. The summed E-state index contributed by atoms with van der Waals surface area (Å²) in [6.45, 7) is 0.191. The summed E-state index contributed by atoms with van der Waals surface area (Å²) in [7, 11) is 1.74. The highest BCUT2D eigenvalue weighted by atomic mass is 16.6. The van der Waals surface area contributed by atoms with Gasteiger partial charge in [-0.25, -0.2) is 4.98 Å². The van der Waals surface area contributed by atoms with Gasteiger partial charge in [-0.1, -0.05) is 6.07 Å². The smallest absolute Gasteiger partial charge is 0.334 e. The van der Waals surface area contributed by atoms with Gasteiger partial charge in [0, 0.05) is 19.3 Å². The standard InChI is InChI=1S/C12H12N4O3/c1-13-11-6-2-4-9(14-11)8-15-7-3-5-10(12(15)17)16(18)19/h2-7H,8H2,1H3,(H,13,14). The molecule has 0 aliphatic carbocycles. The number of nitrogens with zero attached hydrogens (tertiary/aromatic N) is 3. The summed E-state index contributed by atoms with van der Waals surface area (Å²) < 4.78 is 1.26. The lowest BCUT2D eigenvalue weighted by atomic mass is 10.3. The SMILES string of the molecule is CNc1cccc(Cn2cccc([N+](=O)[O-])c2=O)n1. The van der Waals surface area contributed by atoms with Crippen molar-refractivity contribution in [3.8, 4) is 0 Å². The van der Waals surface area contributed by atoms with E-state index in [1.54, 1.807) is 25.2 Å². The minimum absolute atomic E-state index is 0.191. The molecule has 0 bridgehead atoms. The van der Waals surface area contributed by atoms with E-state index in [0.29, 0.717) is 11.5 Å². The van der Waals surface area contributed by atoms with Crippen molar-refractivity contribution in [2.45, 2.75) is 6.54 Å². The molecule has 0 radical (unpaired) electrons. The van der Waals surface area contributed by atoms with Gasteiger partial charge in [-0.15, -0.1) is 0 Å². The number of hydrogen-bond donors (Lipinski definition) is 1. The lowest BCUT2D eigenvalue weighted by molar-refractivity contribution is -0.386. The van der Waals surface area contributed by atoms with Crippen molar-refractivity contribution in [3.05, 3.63) is 62.7 Å². The Bertz CT molecular complexity index is 666. The largest absolute Gasteiger partial charge is 0.373 e. The van der Waals surface area contributed by atoms with Crippen molar-refractivity contribution in [2.75, 3.05) is 12.4 Å². The van der Waals surface area contributed by atoms with E-state index in [2.05, 4.69) is 10.3 Å². The first-order valence-electron chi connectivity index (χ1n) is 5.59. The summed E-state index contributed by atoms with van der Waals surface area (Å²) in [4.78, 5) is 26.1. The Morgan fingerprint density at radius 2 is 2.16 bits per heavy atom. The van der Waals surface area contributed by atoms with Crippen molar-refractivity contribution in [1.29, 1.82) is 0 Å². The van der Waals surface area contributed by atoms with Crippen LogP contribution in [0.4, 0.5) is 11.5 Å². The van der Waals surface area contributed by atoms with E-state index in [4.69, 9.17) is 0 Å². The Labute approximate surface area is 108 Å². The predicted octanol–water partition coefficient (Wildman–Crippen LogP) is 1.24. The zero-order valence-electron chi connectivity index (χ0n) is 10.2. The van der Waals surface area contributed by atoms with Crippen molar-refractivity contribution < 1.29 is 4.92 Å². The first-order valence-corrected chi connectivity index (χ1v) is 5.59. The van der Waals surface area contributed by atoms with Gasteiger partial charge in [0.25, 0.3) is 0 Å². The lowest BCUT2D eigenvalue weighted by Gasteiger charge is -2.06. The molecule has 0 atom stereocenters. The summed E-state index contributed by atoms with van der Waals surface area (Å²) >= 11 is 0. The average Bonchev–Trinajstić information content (AvgIpc) is 2.41. The van der Waals surface area contributed by atoms with Crippen LogP contribution in [0.3, 0.4) is 0 Å².